The summed E-state index contributed by atoms with van der Waals surface area (Å²) in [5.41, 5.74) is 5.84. The molecule has 6 nitrogen and oxygen atoms in total. The van der Waals surface area contributed by atoms with E-state index in [4.69, 9.17) is 5.73 Å². The number of carbonyl (C=O) groups is 1. The highest BCUT2D eigenvalue weighted by atomic mass is 16.5. The first-order chi connectivity index (χ1) is 9.15. The Labute approximate surface area is 113 Å². The average molecular weight is 264 g/mol. The van der Waals surface area contributed by atoms with Gasteiger partial charge in [0.25, 0.3) is 0 Å². The largest absolute Gasteiger partial charge is 0.463 e. The summed E-state index contributed by atoms with van der Waals surface area (Å²) in [7, 11) is 1.32. The maximum atomic E-state index is 11.5. The van der Waals surface area contributed by atoms with Crippen LogP contribution in [-0.4, -0.2) is 42.2 Å². The normalized spacial score (nSPS) is 23.2. The van der Waals surface area contributed by atoms with Crippen LogP contribution in [0.25, 0.3) is 0 Å². The molecule has 0 aromatic carbocycles. The van der Waals surface area contributed by atoms with E-state index in [1.165, 1.54) is 7.11 Å². The summed E-state index contributed by atoms with van der Waals surface area (Å²) in [6.45, 7) is 3.72. The molecule has 1 aliphatic rings. The van der Waals surface area contributed by atoms with Crippen LogP contribution in [0.1, 0.15) is 30.4 Å². The smallest absolute Gasteiger partial charge is 0.376 e. The van der Waals surface area contributed by atoms with Gasteiger partial charge >= 0.3 is 5.97 Å². The van der Waals surface area contributed by atoms with E-state index in [2.05, 4.69) is 26.5 Å². The van der Waals surface area contributed by atoms with E-state index in [0.29, 0.717) is 12.5 Å². The zero-order valence-electron chi connectivity index (χ0n) is 11.4. The van der Waals surface area contributed by atoms with Crippen LogP contribution < -0.4 is 10.6 Å². The zero-order valence-corrected chi connectivity index (χ0v) is 11.4. The summed E-state index contributed by atoms with van der Waals surface area (Å²) in [5, 5.41) is 0. The molecule has 0 bridgehead atoms. The van der Waals surface area contributed by atoms with Gasteiger partial charge in [0.2, 0.25) is 5.82 Å². The number of piperidine rings is 1. The van der Waals surface area contributed by atoms with E-state index in [9.17, 15) is 4.79 Å². The molecule has 2 heterocycles. The number of nitrogens with zero attached hydrogens (tertiary/aromatic N) is 3. The number of hydrogen-bond acceptors (Lipinski definition) is 6. The maximum Gasteiger partial charge on any atom is 0.376 e. The predicted molar refractivity (Wildman–Crippen MR) is 72.0 cm³/mol. The van der Waals surface area contributed by atoms with Crippen LogP contribution >= 0.6 is 0 Å². The first kappa shape index (κ1) is 13.7. The number of ether oxygens (including phenoxy) is 1. The van der Waals surface area contributed by atoms with Gasteiger partial charge in [-0.1, -0.05) is 6.92 Å². The van der Waals surface area contributed by atoms with E-state index < -0.39 is 5.97 Å². The molecule has 6 heteroatoms. The van der Waals surface area contributed by atoms with Crippen LogP contribution in [0.3, 0.4) is 0 Å². The lowest BCUT2D eigenvalue weighted by Crippen LogP contribution is -2.46. The Morgan fingerprint density at radius 3 is 3.11 bits per heavy atom. The van der Waals surface area contributed by atoms with Crippen molar-refractivity contribution < 1.29 is 9.53 Å². The average Bonchev–Trinajstić information content (AvgIpc) is 2.46. The monoisotopic (exact) mass is 264 g/mol. The number of nitrogens with two attached hydrogens (primary N) is 1. The quantitative estimate of drug-likeness (QED) is 0.814. The van der Waals surface area contributed by atoms with Crippen molar-refractivity contribution in [3.05, 3.63) is 18.1 Å². The molecule has 0 radical (unpaired) electrons. The Morgan fingerprint density at radius 2 is 2.42 bits per heavy atom. The molecular weight excluding hydrogens is 244 g/mol. The summed E-state index contributed by atoms with van der Waals surface area (Å²) >= 11 is 0. The molecule has 2 N–H and O–H groups in total. The summed E-state index contributed by atoms with van der Waals surface area (Å²) < 4.78 is 4.64. The highest BCUT2D eigenvalue weighted by Gasteiger charge is 2.26. The van der Waals surface area contributed by atoms with E-state index in [1.807, 2.05) is 6.07 Å². The molecule has 1 saturated heterocycles. The van der Waals surface area contributed by atoms with Crippen molar-refractivity contribution in [2.45, 2.75) is 25.8 Å². The molecule has 2 unspecified atom stereocenters. The Morgan fingerprint density at radius 1 is 1.63 bits per heavy atom. The lowest BCUT2D eigenvalue weighted by atomic mass is 9.92. The lowest BCUT2D eigenvalue weighted by molar-refractivity contribution is 0.0586. The van der Waals surface area contributed by atoms with Crippen molar-refractivity contribution in [2.75, 3.05) is 25.1 Å². The molecule has 1 fully saturated rings. The minimum atomic E-state index is -0.517. The van der Waals surface area contributed by atoms with Crippen molar-refractivity contribution in [2.24, 2.45) is 11.7 Å². The SMILES string of the molecule is COC(=O)c1nccc(N2CCC(C)CC2CN)n1. The van der Waals surface area contributed by atoms with Crippen LogP contribution in [0.4, 0.5) is 5.82 Å². The number of esters is 1. The lowest BCUT2D eigenvalue weighted by Gasteiger charge is -2.38. The Balaban J connectivity index is 2.23. The predicted octanol–water partition coefficient (Wildman–Crippen LogP) is 0.827. The number of hydrogen-bond donors (Lipinski definition) is 1. The third kappa shape index (κ3) is 3.01. The topological polar surface area (TPSA) is 81.3 Å². The fourth-order valence-corrected chi connectivity index (χ4v) is 2.48. The molecule has 0 spiro atoms. The van der Waals surface area contributed by atoms with Gasteiger partial charge < -0.3 is 15.4 Å². The van der Waals surface area contributed by atoms with Crippen LogP contribution in [0.2, 0.25) is 0 Å². The zero-order chi connectivity index (χ0) is 13.8. The van der Waals surface area contributed by atoms with Crippen molar-refractivity contribution in [3.8, 4) is 0 Å². The second-order valence-corrected chi connectivity index (χ2v) is 4.94. The number of anilines is 1. The summed E-state index contributed by atoms with van der Waals surface area (Å²) in [4.78, 5) is 21.8. The highest BCUT2D eigenvalue weighted by molar-refractivity contribution is 5.85. The first-order valence-electron chi connectivity index (χ1n) is 6.53. The van der Waals surface area contributed by atoms with Gasteiger partial charge in [-0.2, -0.15) is 0 Å². The second-order valence-electron chi connectivity index (χ2n) is 4.94. The molecular formula is C13H20N4O2. The number of methoxy groups -OCH3 is 1. The van der Waals surface area contributed by atoms with Crippen LogP contribution in [-0.2, 0) is 4.74 Å². The van der Waals surface area contributed by atoms with Gasteiger partial charge in [0.05, 0.1) is 7.11 Å². The third-order valence-electron chi connectivity index (χ3n) is 3.55. The molecule has 1 aliphatic heterocycles. The van der Waals surface area contributed by atoms with Gasteiger partial charge in [-0.15, -0.1) is 0 Å². The fraction of sp³-hybridized carbons (Fsp3) is 0.615. The summed E-state index contributed by atoms with van der Waals surface area (Å²) in [6, 6.07) is 2.08. The molecule has 0 saturated carbocycles. The van der Waals surface area contributed by atoms with Crippen molar-refractivity contribution in [1.29, 1.82) is 0 Å². The van der Waals surface area contributed by atoms with Gasteiger partial charge in [-0.25, -0.2) is 14.8 Å². The van der Waals surface area contributed by atoms with Gasteiger partial charge in [0.15, 0.2) is 0 Å². The minimum Gasteiger partial charge on any atom is -0.463 e. The van der Waals surface area contributed by atoms with Gasteiger partial charge in [0.1, 0.15) is 5.82 Å². The Kier molecular flexibility index (Phi) is 4.31. The van der Waals surface area contributed by atoms with E-state index in [-0.39, 0.29) is 11.9 Å². The maximum absolute atomic E-state index is 11.5. The minimum absolute atomic E-state index is 0.0920. The van der Waals surface area contributed by atoms with Crippen molar-refractivity contribution in [1.82, 2.24) is 9.97 Å². The van der Waals surface area contributed by atoms with Gasteiger partial charge in [-0.3, -0.25) is 0 Å². The highest BCUT2D eigenvalue weighted by Crippen LogP contribution is 2.26. The molecule has 0 amide bonds. The molecule has 2 rings (SSSR count). The van der Waals surface area contributed by atoms with Gasteiger partial charge in [0, 0.05) is 25.3 Å². The standard InChI is InChI=1S/C13H20N4O2/c1-9-4-6-17(10(7-9)8-14)11-3-5-15-12(16-11)13(18)19-2/h3,5,9-10H,4,6-8,14H2,1-2H3. The van der Waals surface area contributed by atoms with Gasteiger partial charge in [-0.05, 0) is 24.8 Å². The number of aromatic nitrogens is 2. The van der Waals surface area contributed by atoms with E-state index >= 15 is 0 Å². The van der Waals surface area contributed by atoms with Crippen LogP contribution in [0.5, 0.6) is 0 Å². The van der Waals surface area contributed by atoms with Crippen LogP contribution in [0, 0.1) is 5.92 Å². The second kappa shape index (κ2) is 5.97. The number of carbonyl (C=O) groups excluding carboxylic acids is 1. The molecule has 0 aliphatic carbocycles. The number of rotatable bonds is 3. The summed E-state index contributed by atoms with van der Waals surface area (Å²) in [6.07, 6.45) is 3.74. The van der Waals surface area contributed by atoms with Crippen LogP contribution in [0.15, 0.2) is 12.3 Å². The Hall–Kier alpha value is -1.69. The fourth-order valence-electron chi connectivity index (χ4n) is 2.48. The summed E-state index contributed by atoms with van der Waals surface area (Å²) in [5.74, 6) is 0.996. The molecule has 1 aromatic rings. The Bertz CT molecular complexity index is 452. The molecule has 1 aromatic heterocycles. The van der Waals surface area contributed by atoms with Crippen molar-refractivity contribution >= 4 is 11.8 Å². The van der Waals surface area contributed by atoms with E-state index in [0.717, 1.165) is 25.2 Å². The van der Waals surface area contributed by atoms with E-state index in [1.54, 1.807) is 6.20 Å². The molecule has 2 atom stereocenters. The molecule has 19 heavy (non-hydrogen) atoms. The molecule has 104 valence electrons. The third-order valence-corrected chi connectivity index (χ3v) is 3.55. The van der Waals surface area contributed by atoms with Crippen molar-refractivity contribution in [3.63, 3.8) is 0 Å². The first-order valence-corrected chi connectivity index (χ1v) is 6.53.